The van der Waals surface area contributed by atoms with Crippen LogP contribution in [0.5, 0.6) is 0 Å². The number of ether oxygens (including phenoxy) is 1. The van der Waals surface area contributed by atoms with Gasteiger partial charge in [-0.15, -0.1) is 0 Å². The highest BCUT2D eigenvalue weighted by atomic mass is 35.5. The summed E-state index contributed by atoms with van der Waals surface area (Å²) in [6.45, 7) is 4.58. The topological polar surface area (TPSA) is 81.5 Å². The number of methoxy groups -OCH3 is 1. The molecule has 2 aromatic rings. The monoisotopic (exact) mass is 419 g/mol. The van der Waals surface area contributed by atoms with E-state index < -0.39 is 15.9 Å². The van der Waals surface area contributed by atoms with E-state index in [1.807, 2.05) is 13.8 Å². The number of sulfone groups is 1. The summed E-state index contributed by atoms with van der Waals surface area (Å²) >= 11 is 12.1. The van der Waals surface area contributed by atoms with E-state index in [1.54, 1.807) is 6.07 Å². The molecule has 142 valence electrons. The van der Waals surface area contributed by atoms with Crippen LogP contribution >= 0.6 is 23.2 Å². The van der Waals surface area contributed by atoms with Gasteiger partial charge in [-0.25, -0.2) is 13.2 Å². The summed E-state index contributed by atoms with van der Waals surface area (Å²) in [5.41, 5.74) is 0.311. The number of hydrogen-bond donors (Lipinski definition) is 0. The Morgan fingerprint density at radius 1 is 1.23 bits per heavy atom. The first-order chi connectivity index (χ1) is 12.3. The largest absolute Gasteiger partial charge is 0.378 e. The molecule has 0 atom stereocenters. The fourth-order valence-electron chi connectivity index (χ4n) is 2.41. The molecule has 26 heavy (non-hydrogen) atoms. The Hall–Kier alpha value is -1.61. The van der Waals surface area contributed by atoms with Crippen molar-refractivity contribution in [2.24, 2.45) is 0 Å². The number of carbonyl (C=O) groups is 1. The third-order valence-electron chi connectivity index (χ3n) is 3.73. The molecule has 0 saturated heterocycles. The predicted octanol–water partition coefficient (Wildman–Crippen LogP) is 3.48. The Morgan fingerprint density at radius 2 is 1.81 bits per heavy atom. The molecule has 0 saturated carbocycles. The Labute approximate surface area is 162 Å². The zero-order chi connectivity index (χ0) is 19.5. The first-order valence-corrected chi connectivity index (χ1v) is 10.1. The molecule has 0 unspecified atom stereocenters. The fourth-order valence-corrected chi connectivity index (χ4v) is 4.76. The van der Waals surface area contributed by atoms with Gasteiger partial charge in [-0.3, -0.25) is 0 Å². The molecule has 1 amide bonds. The lowest BCUT2D eigenvalue weighted by Gasteiger charge is -2.19. The van der Waals surface area contributed by atoms with Crippen molar-refractivity contribution in [3.05, 3.63) is 40.0 Å². The smallest absolute Gasteiger partial charge is 0.345 e. The van der Waals surface area contributed by atoms with Gasteiger partial charge in [0.05, 0.1) is 22.3 Å². The number of halogens is 2. The fraction of sp³-hybridized carbons (Fsp3) is 0.375. The minimum Gasteiger partial charge on any atom is -0.378 e. The maximum Gasteiger partial charge on any atom is 0.345 e. The van der Waals surface area contributed by atoms with Gasteiger partial charge in [0, 0.05) is 26.3 Å². The van der Waals surface area contributed by atoms with Gasteiger partial charge in [0.25, 0.3) is 0 Å². The first kappa shape index (κ1) is 20.7. The van der Waals surface area contributed by atoms with Crippen molar-refractivity contribution >= 4 is 39.1 Å². The van der Waals surface area contributed by atoms with Gasteiger partial charge in [-0.2, -0.15) is 9.78 Å². The summed E-state index contributed by atoms with van der Waals surface area (Å²) in [6.07, 6.45) is 0. The molecule has 0 spiro atoms. The third-order valence-corrected chi connectivity index (χ3v) is 6.31. The van der Waals surface area contributed by atoms with Crippen molar-refractivity contribution in [1.82, 2.24) is 14.7 Å². The van der Waals surface area contributed by atoms with Crippen LogP contribution in [0.4, 0.5) is 4.79 Å². The minimum absolute atomic E-state index is 0.0181. The number of nitrogens with zero attached hydrogens (tertiary/aromatic N) is 3. The van der Waals surface area contributed by atoms with Gasteiger partial charge in [0.2, 0.25) is 9.84 Å². The highest BCUT2D eigenvalue weighted by Crippen LogP contribution is 2.33. The Balaban J connectivity index is 2.61. The van der Waals surface area contributed by atoms with Gasteiger partial charge >= 0.3 is 6.03 Å². The lowest BCUT2D eigenvalue weighted by molar-refractivity contribution is 0.170. The van der Waals surface area contributed by atoms with Crippen LogP contribution in [0.2, 0.25) is 10.0 Å². The number of benzene rings is 1. The summed E-state index contributed by atoms with van der Waals surface area (Å²) in [7, 11) is -2.67. The molecule has 0 aliphatic heterocycles. The zero-order valence-electron chi connectivity index (χ0n) is 14.6. The van der Waals surface area contributed by atoms with E-state index in [2.05, 4.69) is 5.10 Å². The molecule has 1 aromatic carbocycles. The van der Waals surface area contributed by atoms with Crippen LogP contribution in [0.25, 0.3) is 0 Å². The van der Waals surface area contributed by atoms with Crippen molar-refractivity contribution < 1.29 is 17.9 Å². The Kier molecular flexibility index (Phi) is 6.68. The van der Waals surface area contributed by atoms with Gasteiger partial charge in [-0.1, -0.05) is 29.3 Å². The van der Waals surface area contributed by atoms with Gasteiger partial charge in [0.1, 0.15) is 4.90 Å². The second-order valence-electron chi connectivity index (χ2n) is 5.33. The molecule has 2 rings (SSSR count). The average molecular weight is 420 g/mol. The normalized spacial score (nSPS) is 11.6. The maximum absolute atomic E-state index is 13.0. The van der Waals surface area contributed by atoms with E-state index in [-0.39, 0.29) is 26.6 Å². The third kappa shape index (κ3) is 3.88. The van der Waals surface area contributed by atoms with Gasteiger partial charge < -0.3 is 9.64 Å². The highest BCUT2D eigenvalue weighted by molar-refractivity contribution is 7.91. The van der Waals surface area contributed by atoms with Crippen LogP contribution in [0.3, 0.4) is 0 Å². The summed E-state index contributed by atoms with van der Waals surface area (Å²) in [4.78, 5) is 13.9. The molecule has 10 heteroatoms. The molecule has 0 aliphatic rings. The van der Waals surface area contributed by atoms with Crippen LogP contribution < -0.4 is 0 Å². The van der Waals surface area contributed by atoms with Crippen LogP contribution in [0.1, 0.15) is 19.5 Å². The van der Waals surface area contributed by atoms with Crippen LogP contribution in [-0.2, 0) is 21.2 Å². The summed E-state index contributed by atoms with van der Waals surface area (Å²) < 4.78 is 32.0. The molecular formula is C16H19Cl2N3O4S. The standard InChI is InChI=1S/C16H19Cl2N3O4S/c1-4-20(5-2)16(22)21-11(10-25-3)9-14(19-21)26(23,24)15-12(17)7-6-8-13(15)18/h6-9H,4-5,10H2,1-3H3. The van der Waals surface area contributed by atoms with Gasteiger partial charge in [0.15, 0.2) is 5.03 Å². The highest BCUT2D eigenvalue weighted by Gasteiger charge is 2.29. The van der Waals surface area contributed by atoms with Crippen molar-refractivity contribution in [2.45, 2.75) is 30.4 Å². The molecule has 1 aromatic heterocycles. The van der Waals surface area contributed by atoms with Gasteiger partial charge in [-0.05, 0) is 26.0 Å². The van der Waals surface area contributed by atoms with Crippen LogP contribution in [-0.4, -0.2) is 49.3 Å². The van der Waals surface area contributed by atoms with E-state index in [9.17, 15) is 13.2 Å². The number of rotatable bonds is 6. The predicted molar refractivity (Wildman–Crippen MR) is 98.6 cm³/mol. The molecule has 0 N–H and O–H groups in total. The molecular weight excluding hydrogens is 401 g/mol. The molecule has 0 bridgehead atoms. The van der Waals surface area contributed by atoms with Crippen molar-refractivity contribution in [3.8, 4) is 0 Å². The van der Waals surface area contributed by atoms with Crippen molar-refractivity contribution in [1.29, 1.82) is 0 Å². The molecule has 0 radical (unpaired) electrons. The molecule has 0 fully saturated rings. The molecule has 1 heterocycles. The number of carbonyl (C=O) groups excluding carboxylic acids is 1. The summed E-state index contributed by atoms with van der Waals surface area (Å²) in [5, 5.41) is 3.66. The number of amides is 1. The van der Waals surface area contributed by atoms with E-state index in [0.29, 0.717) is 18.8 Å². The molecule has 7 nitrogen and oxygen atoms in total. The first-order valence-electron chi connectivity index (χ1n) is 7.84. The van der Waals surface area contributed by atoms with Crippen LogP contribution in [0.15, 0.2) is 34.2 Å². The van der Waals surface area contributed by atoms with E-state index in [1.165, 1.54) is 30.2 Å². The van der Waals surface area contributed by atoms with Crippen molar-refractivity contribution in [3.63, 3.8) is 0 Å². The average Bonchev–Trinajstić information content (AvgIpc) is 3.00. The van der Waals surface area contributed by atoms with E-state index in [0.717, 1.165) is 4.68 Å². The Morgan fingerprint density at radius 3 is 2.31 bits per heavy atom. The lowest BCUT2D eigenvalue weighted by atomic mass is 10.4. The SMILES string of the molecule is CCN(CC)C(=O)n1nc(S(=O)(=O)c2c(Cl)cccc2Cl)cc1COC. The second-order valence-corrected chi connectivity index (χ2v) is 7.98. The van der Waals surface area contributed by atoms with Crippen LogP contribution in [0, 0.1) is 0 Å². The van der Waals surface area contributed by atoms with E-state index >= 15 is 0 Å². The number of aromatic nitrogens is 2. The maximum atomic E-state index is 13.0. The Bertz CT molecular complexity index is 888. The second kappa shape index (κ2) is 8.39. The van der Waals surface area contributed by atoms with Crippen molar-refractivity contribution in [2.75, 3.05) is 20.2 Å². The lowest BCUT2D eigenvalue weighted by Crippen LogP contribution is -2.36. The molecule has 0 aliphatic carbocycles. The number of hydrogen-bond acceptors (Lipinski definition) is 5. The summed E-state index contributed by atoms with van der Waals surface area (Å²) in [6, 6.07) is 5.25. The zero-order valence-corrected chi connectivity index (χ0v) is 16.9. The quantitative estimate of drug-likeness (QED) is 0.715. The van der Waals surface area contributed by atoms with E-state index in [4.69, 9.17) is 27.9 Å². The summed E-state index contributed by atoms with van der Waals surface area (Å²) in [5.74, 6) is 0. The minimum atomic E-state index is -4.12.